The van der Waals surface area contributed by atoms with Crippen LogP contribution in [0.2, 0.25) is 0 Å². The molecule has 1 unspecified atom stereocenters. The van der Waals surface area contributed by atoms with E-state index in [4.69, 9.17) is 9.47 Å². The average Bonchev–Trinajstić information content (AvgIpc) is 3.13. The number of H-pyrrole nitrogens is 1. The van der Waals surface area contributed by atoms with E-state index in [0.29, 0.717) is 19.4 Å². The lowest BCUT2D eigenvalue weighted by atomic mass is 10.0. The van der Waals surface area contributed by atoms with Gasteiger partial charge in [-0.2, -0.15) is 0 Å². The lowest BCUT2D eigenvalue weighted by molar-refractivity contribution is -0.122. The number of nitrogens with one attached hydrogen (secondary N) is 2. The summed E-state index contributed by atoms with van der Waals surface area (Å²) in [5.74, 6) is 2.57. The summed E-state index contributed by atoms with van der Waals surface area (Å²) in [5, 5.41) is 3.10. The lowest BCUT2D eigenvalue weighted by Crippen LogP contribution is -2.32. The van der Waals surface area contributed by atoms with Gasteiger partial charge in [-0.1, -0.05) is 26.0 Å². The molecular weight excluding hydrogens is 354 g/mol. The van der Waals surface area contributed by atoms with Crippen molar-refractivity contribution in [2.24, 2.45) is 5.92 Å². The maximum atomic E-state index is 12.4. The number of methoxy groups -OCH3 is 1. The van der Waals surface area contributed by atoms with Gasteiger partial charge < -0.3 is 19.8 Å². The third kappa shape index (κ3) is 5.03. The summed E-state index contributed by atoms with van der Waals surface area (Å²) in [5.41, 5.74) is 1.88. The summed E-state index contributed by atoms with van der Waals surface area (Å²) >= 11 is 0. The summed E-state index contributed by atoms with van der Waals surface area (Å²) < 4.78 is 10.8. The molecule has 0 bridgehead atoms. The molecule has 6 nitrogen and oxygen atoms in total. The van der Waals surface area contributed by atoms with E-state index in [-0.39, 0.29) is 17.9 Å². The van der Waals surface area contributed by atoms with E-state index in [2.05, 4.69) is 29.1 Å². The van der Waals surface area contributed by atoms with Gasteiger partial charge in [-0.25, -0.2) is 4.98 Å². The quantitative estimate of drug-likeness (QED) is 0.544. The summed E-state index contributed by atoms with van der Waals surface area (Å²) in [7, 11) is 1.63. The number of hydrogen-bond acceptors (Lipinski definition) is 4. The van der Waals surface area contributed by atoms with Gasteiger partial charge in [0.15, 0.2) is 0 Å². The van der Waals surface area contributed by atoms with Crippen LogP contribution in [0.3, 0.4) is 0 Å². The Morgan fingerprint density at radius 1 is 1.11 bits per heavy atom. The molecule has 1 amide bonds. The van der Waals surface area contributed by atoms with E-state index in [1.807, 2.05) is 48.5 Å². The molecule has 0 aliphatic rings. The molecule has 0 aliphatic carbocycles. The van der Waals surface area contributed by atoms with Gasteiger partial charge in [0.1, 0.15) is 17.3 Å². The smallest absolute Gasteiger partial charge is 0.220 e. The molecule has 0 saturated carbocycles. The second-order valence-electron chi connectivity index (χ2n) is 7.06. The Morgan fingerprint density at radius 2 is 1.82 bits per heavy atom. The Kier molecular flexibility index (Phi) is 6.53. The Balaban J connectivity index is 1.50. The van der Waals surface area contributed by atoms with E-state index < -0.39 is 0 Å². The highest BCUT2D eigenvalue weighted by molar-refractivity contribution is 5.77. The van der Waals surface area contributed by atoms with Crippen LogP contribution in [-0.2, 0) is 4.79 Å². The number of rotatable bonds is 9. The Bertz CT molecular complexity index is 870. The monoisotopic (exact) mass is 381 g/mol. The van der Waals surface area contributed by atoms with E-state index in [0.717, 1.165) is 28.4 Å². The number of nitrogens with zero attached hydrogens (tertiary/aromatic N) is 1. The first-order valence-corrected chi connectivity index (χ1v) is 9.57. The number of fused-ring (bicyclic) bond motifs is 1. The average molecular weight is 381 g/mol. The molecule has 0 radical (unpaired) electrons. The zero-order valence-electron chi connectivity index (χ0n) is 16.6. The molecule has 1 heterocycles. The Morgan fingerprint density at radius 3 is 2.50 bits per heavy atom. The van der Waals surface area contributed by atoms with E-state index in [1.54, 1.807) is 7.11 Å². The van der Waals surface area contributed by atoms with Crippen molar-refractivity contribution < 1.29 is 14.3 Å². The summed E-state index contributed by atoms with van der Waals surface area (Å²) in [4.78, 5) is 20.4. The molecule has 1 atom stereocenters. The van der Waals surface area contributed by atoms with Crippen LogP contribution < -0.4 is 14.8 Å². The number of benzene rings is 2. The van der Waals surface area contributed by atoms with Crippen LogP contribution in [0.5, 0.6) is 11.5 Å². The molecule has 3 aromatic rings. The maximum Gasteiger partial charge on any atom is 0.220 e. The SMILES string of the molecule is COc1ccc(OCCCC(=O)NC(c2nc3ccccc3[nH]2)C(C)C)cc1. The van der Waals surface area contributed by atoms with Gasteiger partial charge in [-0.3, -0.25) is 4.79 Å². The van der Waals surface area contributed by atoms with Crippen molar-refractivity contribution in [2.45, 2.75) is 32.7 Å². The first kappa shape index (κ1) is 19.7. The van der Waals surface area contributed by atoms with Crippen molar-refractivity contribution in [3.8, 4) is 11.5 Å². The Hall–Kier alpha value is -3.02. The number of aromatic amines is 1. The van der Waals surface area contributed by atoms with E-state index in [9.17, 15) is 4.79 Å². The van der Waals surface area contributed by atoms with Crippen LogP contribution in [0.15, 0.2) is 48.5 Å². The first-order chi connectivity index (χ1) is 13.6. The number of amides is 1. The van der Waals surface area contributed by atoms with Gasteiger partial charge in [0.2, 0.25) is 5.91 Å². The molecule has 3 rings (SSSR count). The van der Waals surface area contributed by atoms with Crippen LogP contribution in [-0.4, -0.2) is 29.6 Å². The zero-order chi connectivity index (χ0) is 19.9. The molecule has 0 saturated heterocycles. The molecule has 2 aromatic carbocycles. The number of carbonyl (C=O) groups is 1. The van der Waals surface area contributed by atoms with Crippen molar-refractivity contribution in [3.63, 3.8) is 0 Å². The molecule has 2 N–H and O–H groups in total. The van der Waals surface area contributed by atoms with Crippen LogP contribution in [0.4, 0.5) is 0 Å². The number of hydrogen-bond donors (Lipinski definition) is 2. The molecule has 28 heavy (non-hydrogen) atoms. The van der Waals surface area contributed by atoms with Crippen molar-refractivity contribution in [2.75, 3.05) is 13.7 Å². The van der Waals surface area contributed by atoms with Gasteiger partial charge in [-0.15, -0.1) is 0 Å². The number of carbonyl (C=O) groups excluding carboxylic acids is 1. The third-order valence-electron chi connectivity index (χ3n) is 4.56. The predicted molar refractivity (Wildman–Crippen MR) is 110 cm³/mol. The fourth-order valence-electron chi connectivity index (χ4n) is 3.01. The van der Waals surface area contributed by atoms with Gasteiger partial charge >= 0.3 is 0 Å². The van der Waals surface area contributed by atoms with Crippen LogP contribution in [0, 0.1) is 5.92 Å². The van der Waals surface area contributed by atoms with Gasteiger partial charge in [0.05, 0.1) is 30.8 Å². The molecular formula is C22H27N3O3. The highest BCUT2D eigenvalue weighted by Gasteiger charge is 2.21. The largest absolute Gasteiger partial charge is 0.497 e. The lowest BCUT2D eigenvalue weighted by Gasteiger charge is -2.20. The second-order valence-corrected chi connectivity index (χ2v) is 7.06. The van der Waals surface area contributed by atoms with Crippen molar-refractivity contribution in [3.05, 3.63) is 54.4 Å². The molecule has 148 valence electrons. The number of para-hydroxylation sites is 2. The molecule has 0 fully saturated rings. The van der Waals surface area contributed by atoms with Crippen LogP contribution in [0.25, 0.3) is 11.0 Å². The first-order valence-electron chi connectivity index (χ1n) is 9.57. The summed E-state index contributed by atoms with van der Waals surface area (Å²) in [6.45, 7) is 4.63. The van der Waals surface area contributed by atoms with Crippen molar-refractivity contribution >= 4 is 16.9 Å². The van der Waals surface area contributed by atoms with Gasteiger partial charge in [0, 0.05) is 6.42 Å². The van der Waals surface area contributed by atoms with Crippen molar-refractivity contribution in [1.82, 2.24) is 15.3 Å². The number of imidazole rings is 1. The zero-order valence-corrected chi connectivity index (χ0v) is 16.6. The van der Waals surface area contributed by atoms with Crippen LogP contribution >= 0.6 is 0 Å². The summed E-state index contributed by atoms with van der Waals surface area (Å²) in [6, 6.07) is 15.1. The second kappa shape index (κ2) is 9.26. The van der Waals surface area contributed by atoms with Gasteiger partial charge in [0.25, 0.3) is 0 Å². The highest BCUT2D eigenvalue weighted by atomic mass is 16.5. The molecule has 0 aliphatic heterocycles. The molecule has 6 heteroatoms. The standard InChI is InChI=1S/C22H27N3O3/c1-15(2)21(22-23-18-7-4-5-8-19(18)24-22)25-20(26)9-6-14-28-17-12-10-16(27-3)11-13-17/h4-5,7-8,10-13,15,21H,6,9,14H2,1-3H3,(H,23,24)(H,25,26). The predicted octanol–water partition coefficient (Wildman–Crippen LogP) is 4.24. The third-order valence-corrected chi connectivity index (χ3v) is 4.56. The van der Waals surface area contributed by atoms with E-state index >= 15 is 0 Å². The minimum Gasteiger partial charge on any atom is -0.497 e. The topological polar surface area (TPSA) is 76.2 Å². The number of aromatic nitrogens is 2. The Labute approximate surface area is 165 Å². The minimum absolute atomic E-state index is 0.00233. The molecule has 1 aromatic heterocycles. The summed E-state index contributed by atoms with van der Waals surface area (Å²) in [6.07, 6.45) is 1.04. The fourth-order valence-corrected chi connectivity index (χ4v) is 3.01. The maximum absolute atomic E-state index is 12.4. The van der Waals surface area contributed by atoms with E-state index in [1.165, 1.54) is 0 Å². The highest BCUT2D eigenvalue weighted by Crippen LogP contribution is 2.22. The van der Waals surface area contributed by atoms with Gasteiger partial charge in [-0.05, 0) is 48.7 Å². The molecule has 0 spiro atoms. The normalized spacial score (nSPS) is 12.1. The fraction of sp³-hybridized carbons (Fsp3) is 0.364. The van der Waals surface area contributed by atoms with Crippen LogP contribution in [0.1, 0.15) is 38.6 Å². The van der Waals surface area contributed by atoms with Crippen molar-refractivity contribution in [1.29, 1.82) is 0 Å². The minimum atomic E-state index is -0.151. The number of ether oxygens (including phenoxy) is 2.